The highest BCUT2D eigenvalue weighted by atomic mass is 35.5. The third-order valence-corrected chi connectivity index (χ3v) is 8.76. The summed E-state index contributed by atoms with van der Waals surface area (Å²) in [5.41, 5.74) is 5.66. The molecule has 1 aliphatic carbocycles. The van der Waals surface area contributed by atoms with Crippen molar-refractivity contribution in [2.24, 2.45) is 5.16 Å². The van der Waals surface area contributed by atoms with Crippen molar-refractivity contribution in [1.82, 2.24) is 5.32 Å². The quantitative estimate of drug-likeness (QED) is 0.0839. The predicted molar refractivity (Wildman–Crippen MR) is 164 cm³/mol. The Balaban J connectivity index is 1.21. The number of benzene rings is 2. The van der Waals surface area contributed by atoms with E-state index in [1.54, 1.807) is 6.07 Å². The molecular weight excluding hydrogens is 645 g/mol. The van der Waals surface area contributed by atoms with E-state index in [0.717, 1.165) is 0 Å². The summed E-state index contributed by atoms with van der Waals surface area (Å²) >= 11 is 6.05. The Morgan fingerprint density at radius 2 is 1.83 bits per heavy atom. The van der Waals surface area contributed by atoms with Gasteiger partial charge in [-0.1, -0.05) is 22.8 Å². The molecule has 1 amide bonds. The topological polar surface area (TPSA) is 215 Å². The summed E-state index contributed by atoms with van der Waals surface area (Å²) < 4.78 is 35.7. The molecule has 1 saturated carbocycles. The minimum absolute atomic E-state index is 0.116. The maximum absolute atomic E-state index is 13.5. The Bertz CT molecular complexity index is 1540. The molecule has 3 aliphatic rings. The summed E-state index contributed by atoms with van der Waals surface area (Å²) in [6, 6.07) is 7.17. The number of rotatable bonds is 9. The monoisotopic (exact) mass is 681 g/mol. The van der Waals surface area contributed by atoms with Crippen molar-refractivity contribution in [2.45, 2.75) is 88.0 Å². The molecule has 10 atom stereocenters. The second kappa shape index (κ2) is 14.0. The summed E-state index contributed by atoms with van der Waals surface area (Å²) in [6.45, 7) is 4.05. The third-order valence-electron chi connectivity index (χ3n) is 8.39. The number of nitrogens with one attached hydrogen (secondary N) is 1. The molecule has 256 valence electrons. The van der Waals surface area contributed by atoms with Crippen LogP contribution in [0.5, 0.6) is 5.75 Å². The van der Waals surface area contributed by atoms with Gasteiger partial charge in [0.05, 0.1) is 17.4 Å². The fourth-order valence-corrected chi connectivity index (χ4v) is 5.76. The molecule has 0 unspecified atom stereocenters. The minimum atomic E-state index is -1.90. The van der Waals surface area contributed by atoms with Gasteiger partial charge in [-0.2, -0.15) is 0 Å². The molecule has 0 aromatic heterocycles. The molecule has 0 spiro atoms. The zero-order chi connectivity index (χ0) is 34.2. The first kappa shape index (κ1) is 34.9. The van der Waals surface area contributed by atoms with Gasteiger partial charge in [0.2, 0.25) is 12.2 Å². The van der Waals surface area contributed by atoms with E-state index < -0.39 is 72.4 Å². The number of carbonyl (C=O) groups is 1. The van der Waals surface area contributed by atoms with Crippen LogP contribution in [0.3, 0.4) is 0 Å². The van der Waals surface area contributed by atoms with E-state index in [0.29, 0.717) is 16.1 Å². The molecule has 2 aromatic rings. The van der Waals surface area contributed by atoms with Crippen LogP contribution in [-0.4, -0.2) is 105 Å². The van der Waals surface area contributed by atoms with Gasteiger partial charge in [0, 0.05) is 16.2 Å². The maximum atomic E-state index is 13.5. The number of aliphatic hydroxyl groups is 5. The first-order valence-electron chi connectivity index (χ1n) is 14.7. The number of oxime groups is 1. The lowest BCUT2D eigenvalue weighted by atomic mass is 9.83. The number of nitrogen functional groups attached to an aromatic ring is 1. The highest BCUT2D eigenvalue weighted by Gasteiger charge is 2.55. The molecule has 16 heteroatoms. The van der Waals surface area contributed by atoms with Crippen molar-refractivity contribution in [3.8, 4) is 5.75 Å². The molecule has 0 radical (unpaired) electrons. The van der Waals surface area contributed by atoms with E-state index in [-0.39, 0.29) is 36.1 Å². The number of hydrogen-bond donors (Lipinski definition) is 7. The molecule has 3 fully saturated rings. The number of nitrogens with zero attached hydrogens (tertiary/aromatic N) is 1. The number of nitrogens with two attached hydrogens (primary N) is 1. The van der Waals surface area contributed by atoms with Gasteiger partial charge in [-0.25, -0.2) is 4.39 Å². The van der Waals surface area contributed by atoms with Crippen molar-refractivity contribution in [2.75, 3.05) is 12.5 Å². The molecule has 2 aromatic carbocycles. The van der Waals surface area contributed by atoms with Crippen LogP contribution in [0, 0.1) is 5.82 Å². The van der Waals surface area contributed by atoms with Crippen LogP contribution in [0.4, 0.5) is 10.1 Å². The molecule has 47 heavy (non-hydrogen) atoms. The number of anilines is 1. The molecule has 2 saturated heterocycles. The number of fused-ring (bicyclic) bond motifs is 1. The molecular formula is C31H37ClFN3O11. The van der Waals surface area contributed by atoms with Gasteiger partial charge in [0.15, 0.2) is 5.60 Å². The Morgan fingerprint density at radius 1 is 1.13 bits per heavy atom. The maximum Gasteiger partial charge on any atom is 0.247 e. The molecule has 8 N–H and O–H groups in total. The highest BCUT2D eigenvalue weighted by Crippen LogP contribution is 2.36. The van der Waals surface area contributed by atoms with Crippen molar-refractivity contribution >= 4 is 35.0 Å². The Morgan fingerprint density at radius 3 is 2.53 bits per heavy atom. The van der Waals surface area contributed by atoms with Gasteiger partial charge >= 0.3 is 0 Å². The first-order chi connectivity index (χ1) is 22.2. The van der Waals surface area contributed by atoms with Crippen molar-refractivity contribution < 1.29 is 58.5 Å². The van der Waals surface area contributed by atoms with E-state index in [1.165, 1.54) is 57.2 Å². The van der Waals surface area contributed by atoms with Crippen molar-refractivity contribution in [1.29, 1.82) is 0 Å². The summed E-state index contributed by atoms with van der Waals surface area (Å²) in [7, 11) is 0. The predicted octanol–water partition coefficient (Wildman–Crippen LogP) is 0.595. The van der Waals surface area contributed by atoms with Gasteiger partial charge in [-0.05, 0) is 62.7 Å². The van der Waals surface area contributed by atoms with Gasteiger partial charge in [-0.3, -0.25) is 4.79 Å². The van der Waals surface area contributed by atoms with Gasteiger partial charge in [-0.15, -0.1) is 0 Å². The first-order valence-corrected chi connectivity index (χ1v) is 15.1. The van der Waals surface area contributed by atoms with Crippen molar-refractivity contribution in [3.05, 3.63) is 63.9 Å². The number of amides is 1. The lowest BCUT2D eigenvalue weighted by molar-refractivity contribution is -0.155. The van der Waals surface area contributed by atoms with Crippen LogP contribution in [0.1, 0.15) is 31.9 Å². The van der Waals surface area contributed by atoms with Gasteiger partial charge in [0.1, 0.15) is 67.7 Å². The van der Waals surface area contributed by atoms with E-state index in [2.05, 4.69) is 10.5 Å². The Labute approximate surface area is 274 Å². The number of aliphatic hydroxyl groups excluding tert-OH is 4. The van der Waals surface area contributed by atoms with Crippen LogP contribution in [0.25, 0.3) is 6.08 Å². The summed E-state index contributed by atoms with van der Waals surface area (Å²) in [5, 5.41) is 60.0. The number of hydrogen-bond acceptors (Lipinski definition) is 13. The highest BCUT2D eigenvalue weighted by molar-refractivity contribution is 6.31. The van der Waals surface area contributed by atoms with E-state index in [4.69, 9.17) is 41.1 Å². The Kier molecular flexibility index (Phi) is 10.4. The number of carbonyl (C=O) groups excluding carboxylic acids is 1. The van der Waals surface area contributed by atoms with Gasteiger partial charge in [0.25, 0.3) is 0 Å². The second-order valence-corrected chi connectivity index (χ2v) is 12.3. The third kappa shape index (κ3) is 7.23. The smallest absolute Gasteiger partial charge is 0.247 e. The van der Waals surface area contributed by atoms with E-state index in [1.807, 2.05) is 0 Å². The lowest BCUT2D eigenvalue weighted by Crippen LogP contribution is -2.67. The van der Waals surface area contributed by atoms with E-state index in [9.17, 15) is 34.7 Å². The normalized spacial score (nSPS) is 34.2. The number of halogens is 2. The molecule has 14 nitrogen and oxygen atoms in total. The zero-order valence-corrected chi connectivity index (χ0v) is 26.4. The van der Waals surface area contributed by atoms with Crippen LogP contribution < -0.4 is 15.8 Å². The zero-order valence-electron chi connectivity index (χ0n) is 25.6. The SMILES string of the molecule is CC(=Cc1ccc(O[C@@H]2O[C@H](C(C)=NOCc3cc(F)ccc3Cl)[C@@H](O)[C@@]2(C)O)c(N)c1)C(=O)N[C@@H]1[C@H](O)[C@@H](O)[C@H]2OCO[C@H]2[C@@H]1O. The van der Waals surface area contributed by atoms with Crippen LogP contribution in [-0.2, 0) is 30.4 Å². The lowest BCUT2D eigenvalue weighted by Gasteiger charge is -2.41. The molecule has 2 heterocycles. The van der Waals surface area contributed by atoms with Crippen LogP contribution in [0.15, 0.2) is 47.1 Å². The standard InChI is InChI=1S/C31H37ClFN3O11/c1-13(29(41)35-21-22(37)24(39)27-26(23(21)38)43-12-44-27)8-15-4-7-20(19(34)9-15)46-30-31(3,42)28(40)25(47-30)14(2)36-45-11-16-10-17(33)5-6-18(16)32/h4-10,21-28,30,37-40,42H,11-12,34H2,1-3H3,(H,35,41)/t21-,22+,23-,24-,25-,26+,27-,28-,30-,31-/m1/s1. The molecule has 5 rings (SSSR count). The molecule has 0 bridgehead atoms. The largest absolute Gasteiger partial charge is 0.459 e. The second-order valence-electron chi connectivity index (χ2n) is 11.9. The fraction of sp³-hybridized carbons (Fsp3) is 0.484. The van der Waals surface area contributed by atoms with Gasteiger partial charge < -0.3 is 60.4 Å². The average Bonchev–Trinajstić information content (AvgIpc) is 3.60. The number of ether oxygens (including phenoxy) is 4. The molecule has 2 aliphatic heterocycles. The summed E-state index contributed by atoms with van der Waals surface area (Å²) in [6.07, 6.45) is -8.47. The summed E-state index contributed by atoms with van der Waals surface area (Å²) in [5.74, 6) is -0.994. The minimum Gasteiger partial charge on any atom is -0.459 e. The average molecular weight is 682 g/mol. The Hall–Kier alpha value is -3.38. The fourth-order valence-electron chi connectivity index (χ4n) is 5.59. The van der Waals surface area contributed by atoms with Crippen molar-refractivity contribution in [3.63, 3.8) is 0 Å². The summed E-state index contributed by atoms with van der Waals surface area (Å²) in [4.78, 5) is 18.2. The van der Waals surface area contributed by atoms with E-state index >= 15 is 0 Å². The van der Waals surface area contributed by atoms with Crippen LogP contribution in [0.2, 0.25) is 5.02 Å². The van der Waals surface area contributed by atoms with Crippen LogP contribution >= 0.6 is 11.6 Å².